The van der Waals surface area contributed by atoms with E-state index in [4.69, 9.17) is 5.73 Å². The minimum atomic E-state index is -0.519. The summed E-state index contributed by atoms with van der Waals surface area (Å²) in [6.45, 7) is 1.83. The SMILES string of the molecule is C/C(=N\NC(=O)c1nnn(-c2nonc2N)c1-c1cccs1)c1cccc2ccccc12. The number of anilines is 1. The van der Waals surface area contributed by atoms with Crippen LogP contribution in [0.5, 0.6) is 0 Å². The molecule has 11 heteroatoms. The zero-order valence-electron chi connectivity index (χ0n) is 16.8. The summed E-state index contributed by atoms with van der Waals surface area (Å²) < 4.78 is 6.00. The molecule has 3 N–H and O–H groups in total. The molecule has 0 bridgehead atoms. The van der Waals surface area contributed by atoms with Crippen molar-refractivity contribution in [2.45, 2.75) is 6.92 Å². The molecule has 3 aromatic heterocycles. The molecule has 10 nitrogen and oxygen atoms in total. The Hall–Kier alpha value is -4.38. The number of aromatic nitrogens is 5. The normalized spacial score (nSPS) is 11.7. The van der Waals surface area contributed by atoms with Crippen molar-refractivity contribution in [3.05, 3.63) is 71.2 Å². The van der Waals surface area contributed by atoms with Gasteiger partial charge in [-0.1, -0.05) is 53.7 Å². The zero-order valence-corrected chi connectivity index (χ0v) is 17.6. The number of nitrogens with zero attached hydrogens (tertiary/aromatic N) is 6. The van der Waals surface area contributed by atoms with Crippen LogP contribution < -0.4 is 11.2 Å². The quantitative estimate of drug-likeness (QED) is 0.313. The fourth-order valence-electron chi connectivity index (χ4n) is 3.34. The molecule has 0 aliphatic heterocycles. The first-order valence-corrected chi connectivity index (χ1v) is 10.4. The van der Waals surface area contributed by atoms with E-state index in [2.05, 4.69) is 35.8 Å². The second-order valence-electron chi connectivity index (χ2n) is 6.81. The molecule has 3 heterocycles. The molecule has 0 radical (unpaired) electrons. The largest absolute Gasteiger partial charge is 0.378 e. The average Bonchev–Trinajstić information content (AvgIpc) is 3.57. The number of nitrogens with two attached hydrogens (primary N) is 1. The van der Waals surface area contributed by atoms with Crippen LogP contribution in [0.1, 0.15) is 23.0 Å². The van der Waals surface area contributed by atoms with Gasteiger partial charge in [-0.05, 0) is 39.5 Å². The van der Waals surface area contributed by atoms with Gasteiger partial charge < -0.3 is 5.73 Å². The maximum atomic E-state index is 13.0. The van der Waals surface area contributed by atoms with E-state index in [1.165, 1.54) is 16.0 Å². The molecule has 0 spiro atoms. The van der Waals surface area contributed by atoms with Crippen LogP contribution in [0.4, 0.5) is 5.82 Å². The molecule has 0 aliphatic carbocycles. The van der Waals surface area contributed by atoms with Crippen LogP contribution >= 0.6 is 11.3 Å². The molecular weight excluding hydrogens is 428 g/mol. The Kier molecular flexibility index (Phi) is 4.92. The van der Waals surface area contributed by atoms with E-state index >= 15 is 0 Å². The van der Waals surface area contributed by atoms with E-state index in [1.807, 2.05) is 66.9 Å². The van der Waals surface area contributed by atoms with Gasteiger partial charge in [0, 0.05) is 5.56 Å². The molecule has 32 heavy (non-hydrogen) atoms. The van der Waals surface area contributed by atoms with Crippen LogP contribution in [0.2, 0.25) is 0 Å². The summed E-state index contributed by atoms with van der Waals surface area (Å²) in [6, 6.07) is 17.6. The number of hydrazone groups is 1. The first kappa shape index (κ1) is 19.6. The molecule has 0 saturated heterocycles. The average molecular weight is 444 g/mol. The summed E-state index contributed by atoms with van der Waals surface area (Å²) in [4.78, 5) is 13.8. The molecule has 5 rings (SSSR count). The van der Waals surface area contributed by atoms with Crippen LogP contribution in [0.15, 0.2) is 69.7 Å². The van der Waals surface area contributed by atoms with Gasteiger partial charge in [-0.2, -0.15) is 9.78 Å². The Morgan fingerprint density at radius 2 is 1.97 bits per heavy atom. The number of carbonyl (C=O) groups is 1. The van der Waals surface area contributed by atoms with Gasteiger partial charge in [-0.15, -0.1) is 16.4 Å². The summed E-state index contributed by atoms with van der Waals surface area (Å²) in [6.07, 6.45) is 0. The van der Waals surface area contributed by atoms with E-state index in [-0.39, 0.29) is 17.3 Å². The first-order chi connectivity index (χ1) is 15.6. The lowest BCUT2D eigenvalue weighted by molar-refractivity contribution is 0.0950. The minimum Gasteiger partial charge on any atom is -0.378 e. The predicted molar refractivity (Wildman–Crippen MR) is 121 cm³/mol. The number of benzene rings is 2. The van der Waals surface area contributed by atoms with Crippen LogP contribution in [0.25, 0.3) is 27.2 Å². The Labute approximate surface area is 185 Å². The predicted octanol–water partition coefficient (Wildman–Crippen LogP) is 3.27. The highest BCUT2D eigenvalue weighted by Gasteiger charge is 2.25. The Balaban J connectivity index is 1.50. The van der Waals surface area contributed by atoms with Crippen molar-refractivity contribution in [2.75, 3.05) is 5.73 Å². The van der Waals surface area contributed by atoms with Crippen molar-refractivity contribution >= 4 is 39.5 Å². The van der Waals surface area contributed by atoms with Crippen molar-refractivity contribution in [1.82, 2.24) is 30.7 Å². The molecule has 1 amide bonds. The van der Waals surface area contributed by atoms with Crippen molar-refractivity contribution in [2.24, 2.45) is 5.10 Å². The highest BCUT2D eigenvalue weighted by molar-refractivity contribution is 7.13. The molecule has 0 aliphatic rings. The fourth-order valence-corrected chi connectivity index (χ4v) is 4.10. The lowest BCUT2D eigenvalue weighted by Crippen LogP contribution is -2.21. The monoisotopic (exact) mass is 444 g/mol. The fraction of sp³-hybridized carbons (Fsp3) is 0.0476. The smallest absolute Gasteiger partial charge is 0.294 e. The summed E-state index contributed by atoms with van der Waals surface area (Å²) in [5, 5.41) is 23.7. The molecule has 5 aromatic rings. The number of fused-ring (bicyclic) bond motifs is 1. The maximum absolute atomic E-state index is 13.0. The summed E-state index contributed by atoms with van der Waals surface area (Å²) >= 11 is 1.42. The second kappa shape index (κ2) is 8.04. The van der Waals surface area contributed by atoms with Crippen LogP contribution in [0.3, 0.4) is 0 Å². The van der Waals surface area contributed by atoms with E-state index < -0.39 is 5.91 Å². The number of hydrogen-bond acceptors (Lipinski definition) is 9. The van der Waals surface area contributed by atoms with Crippen molar-refractivity contribution in [1.29, 1.82) is 0 Å². The molecule has 158 valence electrons. The van der Waals surface area contributed by atoms with Crippen LogP contribution in [-0.2, 0) is 0 Å². The molecule has 0 atom stereocenters. The third-order valence-corrected chi connectivity index (χ3v) is 5.72. The Bertz CT molecular complexity index is 1450. The van der Waals surface area contributed by atoms with Crippen LogP contribution in [-0.4, -0.2) is 36.9 Å². The number of hydrogen-bond donors (Lipinski definition) is 2. The third-order valence-electron chi connectivity index (χ3n) is 4.84. The number of thiophene rings is 1. The highest BCUT2D eigenvalue weighted by Crippen LogP contribution is 2.30. The number of nitrogen functional groups attached to an aromatic ring is 1. The van der Waals surface area contributed by atoms with E-state index in [0.29, 0.717) is 11.4 Å². The number of amides is 1. The summed E-state index contributed by atoms with van der Waals surface area (Å²) in [5.41, 5.74) is 10.5. The molecular formula is C21H16N8O2S. The van der Waals surface area contributed by atoms with Gasteiger partial charge >= 0.3 is 0 Å². The minimum absolute atomic E-state index is 0.0319. The third kappa shape index (κ3) is 3.40. The highest BCUT2D eigenvalue weighted by atomic mass is 32.1. The van der Waals surface area contributed by atoms with Gasteiger partial charge in [0.2, 0.25) is 11.6 Å². The van der Waals surface area contributed by atoms with Gasteiger partial charge in [0.25, 0.3) is 5.91 Å². The summed E-state index contributed by atoms with van der Waals surface area (Å²) in [7, 11) is 0. The van der Waals surface area contributed by atoms with E-state index in [9.17, 15) is 4.79 Å². The van der Waals surface area contributed by atoms with Gasteiger partial charge in [-0.3, -0.25) is 4.79 Å². The Morgan fingerprint density at radius 1 is 1.12 bits per heavy atom. The topological polar surface area (TPSA) is 137 Å². The zero-order chi connectivity index (χ0) is 22.1. The standard InChI is InChI=1S/C21H16N8O2S/c1-12(14-9-4-7-13-6-2-3-8-15(13)14)23-25-21(30)17-18(16-10-5-11-32-16)29(28-24-17)20-19(22)26-31-27-20/h2-11H,1H3,(H2,22,26)(H,25,30)/b23-12+. The second-order valence-corrected chi connectivity index (χ2v) is 7.76. The van der Waals surface area contributed by atoms with Crippen molar-refractivity contribution < 1.29 is 9.42 Å². The number of rotatable bonds is 5. The van der Waals surface area contributed by atoms with E-state index in [1.54, 1.807) is 0 Å². The number of carbonyl (C=O) groups excluding carboxylic acids is 1. The molecule has 0 fully saturated rings. The number of nitrogens with one attached hydrogen (secondary N) is 1. The Morgan fingerprint density at radius 3 is 2.75 bits per heavy atom. The maximum Gasteiger partial charge on any atom is 0.294 e. The van der Waals surface area contributed by atoms with Crippen molar-refractivity contribution in [3.63, 3.8) is 0 Å². The van der Waals surface area contributed by atoms with E-state index in [0.717, 1.165) is 21.2 Å². The van der Waals surface area contributed by atoms with Crippen molar-refractivity contribution in [3.8, 4) is 16.4 Å². The first-order valence-electron chi connectivity index (χ1n) is 9.54. The lowest BCUT2D eigenvalue weighted by atomic mass is 10.0. The van der Waals surface area contributed by atoms with Gasteiger partial charge in [-0.25, -0.2) is 10.1 Å². The molecule has 0 saturated carbocycles. The van der Waals surface area contributed by atoms with Gasteiger partial charge in [0.1, 0.15) is 5.69 Å². The summed E-state index contributed by atoms with van der Waals surface area (Å²) in [5.74, 6) is -0.339. The lowest BCUT2D eigenvalue weighted by Gasteiger charge is -2.07. The van der Waals surface area contributed by atoms with Crippen LogP contribution in [0, 0.1) is 0 Å². The molecule has 0 unspecified atom stereocenters. The van der Waals surface area contributed by atoms with Gasteiger partial charge in [0.15, 0.2) is 5.69 Å². The van der Waals surface area contributed by atoms with Gasteiger partial charge in [0.05, 0.1) is 10.6 Å². The molecule has 2 aromatic carbocycles.